The van der Waals surface area contributed by atoms with Crippen molar-refractivity contribution >= 4 is 23.0 Å². The predicted molar refractivity (Wildman–Crippen MR) is 96.3 cm³/mol. The van der Waals surface area contributed by atoms with Gasteiger partial charge < -0.3 is 9.47 Å². The summed E-state index contributed by atoms with van der Waals surface area (Å²) in [6, 6.07) is 13.6. The van der Waals surface area contributed by atoms with Gasteiger partial charge in [0.1, 0.15) is 11.6 Å². The van der Waals surface area contributed by atoms with Crippen LogP contribution in [0.3, 0.4) is 0 Å². The summed E-state index contributed by atoms with van der Waals surface area (Å²) in [7, 11) is 1.21. The fraction of sp³-hybridized carbons (Fsp3) is 0.111. The van der Waals surface area contributed by atoms with E-state index in [0.717, 1.165) is 16.6 Å². The van der Waals surface area contributed by atoms with Gasteiger partial charge in [0.2, 0.25) is 0 Å². The van der Waals surface area contributed by atoms with Gasteiger partial charge in [-0.1, -0.05) is 30.3 Å². The first-order valence-electron chi connectivity index (χ1n) is 7.58. The summed E-state index contributed by atoms with van der Waals surface area (Å²) in [5.41, 5.74) is 1.45. The van der Waals surface area contributed by atoms with Crippen molar-refractivity contribution in [3.63, 3.8) is 0 Å². The Hall–Kier alpha value is -3.26. The van der Waals surface area contributed by atoms with Gasteiger partial charge in [-0.15, -0.1) is 11.3 Å². The molecule has 0 saturated carbocycles. The van der Waals surface area contributed by atoms with Crippen LogP contribution in [0.2, 0.25) is 0 Å². The highest BCUT2D eigenvalue weighted by Gasteiger charge is 2.19. The molecule has 0 spiro atoms. The molecule has 0 atom stereocenters. The molecule has 0 bridgehead atoms. The summed E-state index contributed by atoms with van der Waals surface area (Å²) in [6.45, 7) is 0.0851. The third-order valence-electron chi connectivity index (χ3n) is 3.52. The standard InChI is InChI=1S/C18H14N2O5S/c1-24-18(21)13-7-8-16(15(9-13)20(22)23)25-10-14-11-26-17(19-14)12-5-3-2-4-6-12/h2-9,11H,10H2,1H3. The van der Waals surface area contributed by atoms with Gasteiger partial charge in [-0.25, -0.2) is 9.78 Å². The monoisotopic (exact) mass is 370 g/mol. The summed E-state index contributed by atoms with van der Waals surface area (Å²) in [4.78, 5) is 26.6. The number of aromatic nitrogens is 1. The number of methoxy groups -OCH3 is 1. The van der Waals surface area contributed by atoms with Crippen LogP contribution in [0.1, 0.15) is 16.1 Å². The lowest BCUT2D eigenvalue weighted by Gasteiger charge is -2.06. The van der Waals surface area contributed by atoms with Gasteiger partial charge in [0, 0.05) is 17.0 Å². The van der Waals surface area contributed by atoms with E-state index in [2.05, 4.69) is 9.72 Å². The zero-order valence-electron chi connectivity index (χ0n) is 13.7. The van der Waals surface area contributed by atoms with Crippen molar-refractivity contribution in [3.05, 3.63) is 75.3 Å². The molecule has 132 valence electrons. The molecule has 0 aliphatic rings. The minimum Gasteiger partial charge on any atom is -0.480 e. The molecule has 0 saturated heterocycles. The molecule has 26 heavy (non-hydrogen) atoms. The van der Waals surface area contributed by atoms with Crippen molar-refractivity contribution in [2.45, 2.75) is 6.61 Å². The van der Waals surface area contributed by atoms with Crippen LogP contribution in [-0.4, -0.2) is 23.0 Å². The molecule has 1 aromatic heterocycles. The van der Waals surface area contributed by atoms with Crippen LogP contribution in [-0.2, 0) is 11.3 Å². The van der Waals surface area contributed by atoms with Crippen LogP contribution < -0.4 is 4.74 Å². The lowest BCUT2D eigenvalue weighted by Crippen LogP contribution is -2.04. The highest BCUT2D eigenvalue weighted by atomic mass is 32.1. The summed E-state index contributed by atoms with van der Waals surface area (Å²) >= 11 is 1.47. The van der Waals surface area contributed by atoms with Crippen molar-refractivity contribution in [3.8, 4) is 16.3 Å². The smallest absolute Gasteiger partial charge is 0.338 e. The molecule has 7 nitrogen and oxygen atoms in total. The van der Waals surface area contributed by atoms with Crippen LogP contribution in [0.4, 0.5) is 5.69 Å². The molecule has 0 N–H and O–H groups in total. The largest absolute Gasteiger partial charge is 0.480 e. The number of hydrogen-bond donors (Lipinski definition) is 0. The van der Waals surface area contributed by atoms with E-state index < -0.39 is 10.9 Å². The number of nitro benzene ring substituents is 1. The molecule has 8 heteroatoms. The SMILES string of the molecule is COC(=O)c1ccc(OCc2csc(-c3ccccc3)n2)c([N+](=O)[O-])c1. The van der Waals surface area contributed by atoms with Gasteiger partial charge in [0.05, 0.1) is 23.3 Å². The number of thiazole rings is 1. The molecule has 3 aromatic rings. The van der Waals surface area contributed by atoms with E-state index >= 15 is 0 Å². The number of carbonyl (C=O) groups excluding carboxylic acids is 1. The van der Waals surface area contributed by atoms with Gasteiger partial charge in [0.25, 0.3) is 0 Å². The van der Waals surface area contributed by atoms with E-state index in [1.165, 1.54) is 30.6 Å². The van der Waals surface area contributed by atoms with Gasteiger partial charge >= 0.3 is 11.7 Å². The van der Waals surface area contributed by atoms with Crippen molar-refractivity contribution in [2.75, 3.05) is 7.11 Å². The summed E-state index contributed by atoms with van der Waals surface area (Å²) in [6.07, 6.45) is 0. The average molecular weight is 370 g/mol. The Morgan fingerprint density at radius 2 is 2.00 bits per heavy atom. The zero-order chi connectivity index (χ0) is 18.5. The molecule has 0 aliphatic carbocycles. The topological polar surface area (TPSA) is 91.6 Å². The highest BCUT2D eigenvalue weighted by Crippen LogP contribution is 2.30. The minimum atomic E-state index is -0.647. The Balaban J connectivity index is 1.76. The molecule has 1 heterocycles. The lowest BCUT2D eigenvalue weighted by molar-refractivity contribution is -0.386. The number of rotatable bonds is 6. The van der Waals surface area contributed by atoms with E-state index in [-0.39, 0.29) is 23.6 Å². The van der Waals surface area contributed by atoms with E-state index in [0.29, 0.717) is 5.69 Å². The van der Waals surface area contributed by atoms with Gasteiger partial charge in [0.15, 0.2) is 5.75 Å². The Morgan fingerprint density at radius 1 is 1.23 bits per heavy atom. The van der Waals surface area contributed by atoms with Gasteiger partial charge in [-0.3, -0.25) is 10.1 Å². The number of carbonyl (C=O) groups is 1. The molecule has 0 radical (unpaired) electrons. The molecular formula is C18H14N2O5S. The molecule has 2 aromatic carbocycles. The first kappa shape index (κ1) is 17.6. The van der Waals surface area contributed by atoms with Gasteiger partial charge in [-0.2, -0.15) is 0 Å². The number of hydrogen-bond acceptors (Lipinski definition) is 7. The second-order valence-electron chi connectivity index (χ2n) is 5.23. The van der Waals surface area contributed by atoms with Crippen molar-refractivity contribution in [1.82, 2.24) is 4.98 Å². The van der Waals surface area contributed by atoms with Crippen molar-refractivity contribution in [2.24, 2.45) is 0 Å². The summed E-state index contributed by atoms with van der Waals surface area (Å²) < 4.78 is 10.1. The average Bonchev–Trinajstić information content (AvgIpc) is 3.15. The Morgan fingerprint density at radius 3 is 2.69 bits per heavy atom. The molecule has 0 fully saturated rings. The zero-order valence-corrected chi connectivity index (χ0v) is 14.6. The first-order valence-corrected chi connectivity index (χ1v) is 8.46. The van der Waals surface area contributed by atoms with Crippen LogP contribution in [0.5, 0.6) is 5.75 Å². The normalized spacial score (nSPS) is 10.3. The van der Waals surface area contributed by atoms with E-state index in [1.807, 2.05) is 35.7 Å². The van der Waals surface area contributed by atoms with Crippen LogP contribution in [0.25, 0.3) is 10.6 Å². The fourth-order valence-electron chi connectivity index (χ4n) is 2.27. The second-order valence-corrected chi connectivity index (χ2v) is 6.09. The number of ether oxygens (including phenoxy) is 2. The fourth-order valence-corrected chi connectivity index (χ4v) is 3.08. The maximum atomic E-state index is 11.5. The minimum absolute atomic E-state index is 0.0666. The van der Waals surface area contributed by atoms with Crippen molar-refractivity contribution in [1.29, 1.82) is 0 Å². The summed E-state index contributed by atoms with van der Waals surface area (Å²) in [5.74, 6) is -0.580. The Kier molecular flexibility index (Phi) is 5.23. The van der Waals surface area contributed by atoms with Gasteiger partial charge in [-0.05, 0) is 12.1 Å². The molecular weight excluding hydrogens is 356 g/mol. The third kappa shape index (κ3) is 3.86. The quantitative estimate of drug-likeness (QED) is 0.369. The number of esters is 1. The molecule has 3 rings (SSSR count). The third-order valence-corrected chi connectivity index (χ3v) is 4.46. The number of benzene rings is 2. The Bertz CT molecular complexity index is 940. The predicted octanol–water partition coefficient (Wildman–Crippen LogP) is 4.08. The van der Waals surface area contributed by atoms with E-state index in [9.17, 15) is 14.9 Å². The number of nitrogens with zero attached hydrogens (tertiary/aromatic N) is 2. The maximum Gasteiger partial charge on any atom is 0.338 e. The Labute approximate surface area is 153 Å². The van der Waals surface area contributed by atoms with Crippen molar-refractivity contribution < 1.29 is 19.2 Å². The van der Waals surface area contributed by atoms with E-state index in [4.69, 9.17) is 4.74 Å². The lowest BCUT2D eigenvalue weighted by atomic mass is 10.2. The van der Waals surface area contributed by atoms with Crippen LogP contribution in [0, 0.1) is 10.1 Å². The molecule has 0 amide bonds. The highest BCUT2D eigenvalue weighted by molar-refractivity contribution is 7.13. The first-order chi connectivity index (χ1) is 12.6. The second kappa shape index (κ2) is 7.75. The van der Waals surface area contributed by atoms with Crippen LogP contribution >= 0.6 is 11.3 Å². The molecule has 0 aliphatic heterocycles. The number of nitro groups is 1. The maximum absolute atomic E-state index is 11.5. The summed E-state index contributed by atoms with van der Waals surface area (Å²) in [5, 5.41) is 13.9. The molecule has 0 unspecified atom stereocenters. The van der Waals surface area contributed by atoms with E-state index in [1.54, 1.807) is 0 Å². The van der Waals surface area contributed by atoms with Crippen LogP contribution in [0.15, 0.2) is 53.9 Å².